The van der Waals surface area contributed by atoms with Crippen molar-refractivity contribution in [3.05, 3.63) is 0 Å². The van der Waals surface area contributed by atoms with E-state index in [1.807, 2.05) is 6.92 Å². The van der Waals surface area contributed by atoms with Gasteiger partial charge in [-0.3, -0.25) is 0 Å². The van der Waals surface area contributed by atoms with Crippen LogP contribution < -0.4 is 0 Å². The van der Waals surface area contributed by atoms with Gasteiger partial charge in [-0.1, -0.05) is 19.8 Å². The van der Waals surface area contributed by atoms with E-state index in [4.69, 9.17) is 14.6 Å². The normalized spacial score (nSPS) is 17.8. The number of ether oxygens (including phenoxy) is 2. The summed E-state index contributed by atoms with van der Waals surface area (Å²) in [6.07, 6.45) is 3.15. The molecule has 0 amide bonds. The van der Waals surface area contributed by atoms with Crippen LogP contribution in [-0.4, -0.2) is 37.1 Å². The molecule has 3 heteroatoms. The Morgan fingerprint density at radius 1 is 1.29 bits per heavy atom. The molecule has 0 aromatic rings. The largest absolute Gasteiger partial charge is 0.391 e. The fraction of sp³-hybridized carbons (Fsp3) is 1.00. The van der Waals surface area contributed by atoms with Crippen molar-refractivity contribution in [2.75, 3.05) is 13.7 Å². The fourth-order valence-corrected chi connectivity index (χ4v) is 1.35. The number of methoxy groups -OCH3 is 1. The minimum atomic E-state index is -0.402. The monoisotopic (exact) mass is 204 g/mol. The topological polar surface area (TPSA) is 38.7 Å². The lowest BCUT2D eigenvalue weighted by Crippen LogP contribution is -2.30. The van der Waals surface area contributed by atoms with Gasteiger partial charge in [0.1, 0.15) is 0 Å². The second-order valence-electron chi connectivity index (χ2n) is 3.80. The Balaban J connectivity index is 3.72. The van der Waals surface area contributed by atoms with Crippen LogP contribution in [0.5, 0.6) is 0 Å². The van der Waals surface area contributed by atoms with Crippen molar-refractivity contribution in [1.82, 2.24) is 0 Å². The average Bonchev–Trinajstić information content (AvgIpc) is 2.16. The van der Waals surface area contributed by atoms with E-state index in [0.29, 0.717) is 6.61 Å². The third kappa shape index (κ3) is 6.35. The Hall–Kier alpha value is -0.120. The maximum absolute atomic E-state index is 9.07. The van der Waals surface area contributed by atoms with Gasteiger partial charge < -0.3 is 14.6 Å². The highest BCUT2D eigenvalue weighted by Gasteiger charge is 2.16. The Labute approximate surface area is 87.4 Å². The number of hydrogen-bond acceptors (Lipinski definition) is 3. The molecule has 0 saturated heterocycles. The smallest absolute Gasteiger partial charge is 0.0830 e. The fourth-order valence-electron chi connectivity index (χ4n) is 1.35. The number of aliphatic hydroxyl groups is 1. The molecule has 0 spiro atoms. The molecule has 0 saturated carbocycles. The van der Waals surface area contributed by atoms with Gasteiger partial charge in [-0.25, -0.2) is 0 Å². The van der Waals surface area contributed by atoms with E-state index >= 15 is 0 Å². The first kappa shape index (κ1) is 13.9. The number of aliphatic hydroxyl groups excluding tert-OH is 1. The van der Waals surface area contributed by atoms with Gasteiger partial charge in [-0.15, -0.1) is 0 Å². The summed E-state index contributed by atoms with van der Waals surface area (Å²) in [6.45, 7) is 6.26. The van der Waals surface area contributed by atoms with Gasteiger partial charge in [0.25, 0.3) is 0 Å². The highest BCUT2D eigenvalue weighted by molar-refractivity contribution is 4.66. The summed E-state index contributed by atoms with van der Waals surface area (Å²) in [4.78, 5) is 0. The maximum Gasteiger partial charge on any atom is 0.0830 e. The molecule has 3 atom stereocenters. The highest BCUT2D eigenvalue weighted by Crippen LogP contribution is 2.11. The predicted molar refractivity (Wildman–Crippen MR) is 57.4 cm³/mol. The molecule has 0 heterocycles. The summed E-state index contributed by atoms with van der Waals surface area (Å²) >= 11 is 0. The van der Waals surface area contributed by atoms with Crippen molar-refractivity contribution in [3.63, 3.8) is 0 Å². The minimum Gasteiger partial charge on any atom is -0.391 e. The molecule has 0 aliphatic carbocycles. The third-order valence-electron chi connectivity index (χ3n) is 2.27. The zero-order valence-corrected chi connectivity index (χ0v) is 9.82. The molecule has 0 radical (unpaired) electrons. The molecule has 0 aromatic heterocycles. The van der Waals surface area contributed by atoms with Gasteiger partial charge in [0, 0.05) is 7.11 Å². The molecule has 3 unspecified atom stereocenters. The minimum absolute atomic E-state index is 0.0566. The van der Waals surface area contributed by atoms with Crippen LogP contribution in [0.15, 0.2) is 0 Å². The van der Waals surface area contributed by atoms with Gasteiger partial charge in [0.05, 0.1) is 24.9 Å². The van der Waals surface area contributed by atoms with E-state index in [9.17, 15) is 0 Å². The van der Waals surface area contributed by atoms with Crippen LogP contribution in [0.2, 0.25) is 0 Å². The van der Waals surface area contributed by atoms with E-state index in [1.165, 1.54) is 6.42 Å². The van der Waals surface area contributed by atoms with Gasteiger partial charge in [0.2, 0.25) is 0 Å². The molecule has 0 aliphatic heterocycles. The second kappa shape index (κ2) is 8.21. The van der Waals surface area contributed by atoms with E-state index < -0.39 is 6.10 Å². The molecule has 0 rings (SSSR count). The van der Waals surface area contributed by atoms with Crippen LogP contribution in [0.3, 0.4) is 0 Å². The first-order valence-corrected chi connectivity index (χ1v) is 5.44. The SMILES string of the molecule is CCCCC(OC)C(C)OCC(C)O. The second-order valence-corrected chi connectivity index (χ2v) is 3.80. The quantitative estimate of drug-likeness (QED) is 0.657. The van der Waals surface area contributed by atoms with E-state index in [0.717, 1.165) is 12.8 Å². The first-order valence-electron chi connectivity index (χ1n) is 5.44. The van der Waals surface area contributed by atoms with Gasteiger partial charge in [0.15, 0.2) is 0 Å². The van der Waals surface area contributed by atoms with Crippen molar-refractivity contribution < 1.29 is 14.6 Å². The van der Waals surface area contributed by atoms with Crippen LogP contribution in [-0.2, 0) is 9.47 Å². The lowest BCUT2D eigenvalue weighted by atomic mass is 10.1. The van der Waals surface area contributed by atoms with Crippen LogP contribution in [0.1, 0.15) is 40.0 Å². The van der Waals surface area contributed by atoms with Crippen molar-refractivity contribution in [2.45, 2.75) is 58.3 Å². The third-order valence-corrected chi connectivity index (χ3v) is 2.27. The first-order chi connectivity index (χ1) is 6.61. The van der Waals surface area contributed by atoms with Crippen molar-refractivity contribution in [3.8, 4) is 0 Å². The van der Waals surface area contributed by atoms with E-state index in [2.05, 4.69) is 6.92 Å². The molecule has 14 heavy (non-hydrogen) atoms. The zero-order valence-electron chi connectivity index (χ0n) is 9.82. The van der Waals surface area contributed by atoms with Crippen molar-refractivity contribution in [2.24, 2.45) is 0 Å². The van der Waals surface area contributed by atoms with E-state index in [-0.39, 0.29) is 12.2 Å². The maximum atomic E-state index is 9.07. The molecule has 3 nitrogen and oxygen atoms in total. The summed E-state index contributed by atoms with van der Waals surface area (Å²) in [6, 6.07) is 0. The van der Waals surface area contributed by atoms with Gasteiger partial charge in [-0.05, 0) is 20.3 Å². The molecular formula is C11H24O3. The average molecular weight is 204 g/mol. The number of rotatable bonds is 8. The van der Waals surface area contributed by atoms with Crippen molar-refractivity contribution in [1.29, 1.82) is 0 Å². The summed E-state index contributed by atoms with van der Waals surface area (Å²) in [5, 5.41) is 9.07. The molecule has 0 aromatic carbocycles. The Morgan fingerprint density at radius 3 is 2.36 bits per heavy atom. The summed E-state index contributed by atoms with van der Waals surface area (Å²) in [7, 11) is 1.71. The Bertz CT molecular complexity index is 126. The Kier molecular flexibility index (Phi) is 8.14. The number of unbranched alkanes of at least 4 members (excludes halogenated alkanes) is 1. The van der Waals surface area contributed by atoms with Gasteiger partial charge in [-0.2, -0.15) is 0 Å². The molecule has 1 N–H and O–H groups in total. The molecule has 86 valence electrons. The standard InChI is InChI=1S/C11H24O3/c1-5-6-7-11(13-4)10(3)14-8-9(2)12/h9-12H,5-8H2,1-4H3. The van der Waals surface area contributed by atoms with E-state index in [1.54, 1.807) is 14.0 Å². The lowest BCUT2D eigenvalue weighted by molar-refractivity contribution is -0.0713. The molecule has 0 bridgehead atoms. The highest BCUT2D eigenvalue weighted by atomic mass is 16.5. The zero-order chi connectivity index (χ0) is 11.0. The van der Waals surface area contributed by atoms with Gasteiger partial charge >= 0.3 is 0 Å². The van der Waals surface area contributed by atoms with Crippen molar-refractivity contribution >= 4 is 0 Å². The van der Waals surface area contributed by atoms with Crippen LogP contribution in [0.25, 0.3) is 0 Å². The summed E-state index contributed by atoms with van der Waals surface area (Å²) in [5.74, 6) is 0. The number of hydrogen-bond donors (Lipinski definition) is 1. The molecular weight excluding hydrogens is 180 g/mol. The summed E-state index contributed by atoms with van der Waals surface area (Å²) < 4.78 is 10.8. The molecule has 0 fully saturated rings. The summed E-state index contributed by atoms with van der Waals surface area (Å²) in [5.41, 5.74) is 0. The van der Waals surface area contributed by atoms with Crippen LogP contribution in [0, 0.1) is 0 Å². The Morgan fingerprint density at radius 2 is 1.93 bits per heavy atom. The molecule has 0 aliphatic rings. The predicted octanol–water partition coefficient (Wildman–Crippen LogP) is 1.98. The van der Waals surface area contributed by atoms with Crippen LogP contribution in [0.4, 0.5) is 0 Å². The lowest BCUT2D eigenvalue weighted by Gasteiger charge is -2.23. The van der Waals surface area contributed by atoms with Crippen LogP contribution >= 0.6 is 0 Å².